The molecule has 0 aliphatic carbocycles. The Bertz CT molecular complexity index is 565. The summed E-state index contributed by atoms with van der Waals surface area (Å²) >= 11 is 0. The zero-order valence-electron chi connectivity index (χ0n) is 10.5. The van der Waals surface area contributed by atoms with Crippen molar-refractivity contribution in [3.8, 4) is 0 Å². The van der Waals surface area contributed by atoms with E-state index >= 15 is 0 Å². The first kappa shape index (κ1) is 11.6. The van der Waals surface area contributed by atoms with Gasteiger partial charge in [-0.25, -0.2) is 9.97 Å². The number of hydrogen-bond acceptors (Lipinski definition) is 3. The van der Waals surface area contributed by atoms with Crippen LogP contribution in [0, 0.1) is 0 Å². The molecule has 0 aliphatic heterocycles. The number of carbonyl (C=O) groups is 1. The average molecular weight is 232 g/mol. The van der Waals surface area contributed by atoms with Crippen molar-refractivity contribution in [3.05, 3.63) is 23.8 Å². The van der Waals surface area contributed by atoms with Gasteiger partial charge in [-0.2, -0.15) is 0 Å². The first-order chi connectivity index (χ1) is 7.93. The summed E-state index contributed by atoms with van der Waals surface area (Å²) in [7, 11) is 1.60. The molecule has 0 saturated heterocycles. The third-order valence-corrected chi connectivity index (χ3v) is 2.56. The van der Waals surface area contributed by atoms with Crippen LogP contribution in [0.25, 0.3) is 11.0 Å². The van der Waals surface area contributed by atoms with Gasteiger partial charge in [-0.15, -0.1) is 0 Å². The maximum Gasteiger partial charge on any atom is 0.254 e. The van der Waals surface area contributed by atoms with Crippen LogP contribution in [0.1, 0.15) is 37.0 Å². The normalized spacial score (nSPS) is 11.8. The second-order valence-corrected chi connectivity index (χ2v) is 4.99. The maximum atomic E-state index is 11.7. The second kappa shape index (κ2) is 3.84. The number of aromatic nitrogens is 3. The van der Waals surface area contributed by atoms with Gasteiger partial charge >= 0.3 is 0 Å². The van der Waals surface area contributed by atoms with Crippen molar-refractivity contribution in [2.24, 2.45) is 0 Å². The van der Waals surface area contributed by atoms with Crippen LogP contribution < -0.4 is 5.32 Å². The molecule has 0 spiro atoms. The number of hydrogen-bond donors (Lipinski definition) is 2. The standard InChI is InChI=1S/C12H16N4O/c1-12(2,3)11-15-6-8-9(16-11)7(5-14-8)10(17)13-4/h5-6,14H,1-4H3,(H,13,17). The molecule has 0 aromatic carbocycles. The second-order valence-electron chi connectivity index (χ2n) is 4.99. The summed E-state index contributed by atoms with van der Waals surface area (Å²) in [5, 5.41) is 2.60. The molecule has 17 heavy (non-hydrogen) atoms. The van der Waals surface area contributed by atoms with Crippen LogP contribution >= 0.6 is 0 Å². The number of rotatable bonds is 1. The lowest BCUT2D eigenvalue weighted by Crippen LogP contribution is -2.19. The molecule has 0 unspecified atom stereocenters. The average Bonchev–Trinajstić information content (AvgIpc) is 2.69. The van der Waals surface area contributed by atoms with E-state index < -0.39 is 0 Å². The van der Waals surface area contributed by atoms with E-state index in [1.807, 2.05) is 20.8 Å². The van der Waals surface area contributed by atoms with E-state index in [1.165, 1.54) is 0 Å². The molecule has 2 aromatic heterocycles. The molecule has 0 bridgehead atoms. The van der Waals surface area contributed by atoms with Crippen molar-refractivity contribution in [3.63, 3.8) is 0 Å². The summed E-state index contributed by atoms with van der Waals surface area (Å²) in [4.78, 5) is 23.4. The van der Waals surface area contributed by atoms with Gasteiger partial charge in [0.15, 0.2) is 0 Å². The Hall–Kier alpha value is -1.91. The summed E-state index contributed by atoms with van der Waals surface area (Å²) in [6.07, 6.45) is 3.37. The first-order valence-corrected chi connectivity index (χ1v) is 5.50. The highest BCUT2D eigenvalue weighted by Crippen LogP contribution is 2.22. The summed E-state index contributed by atoms with van der Waals surface area (Å²) in [5.74, 6) is 0.588. The predicted molar refractivity (Wildman–Crippen MR) is 66.0 cm³/mol. The Kier molecular flexibility index (Phi) is 2.61. The third kappa shape index (κ3) is 2.00. The minimum atomic E-state index is -0.144. The lowest BCUT2D eigenvalue weighted by Gasteiger charge is -2.15. The fraction of sp³-hybridized carbons (Fsp3) is 0.417. The number of carbonyl (C=O) groups excluding carboxylic acids is 1. The number of fused-ring (bicyclic) bond motifs is 1. The topological polar surface area (TPSA) is 70.7 Å². The van der Waals surface area contributed by atoms with Gasteiger partial charge in [-0.1, -0.05) is 20.8 Å². The van der Waals surface area contributed by atoms with Crippen LogP contribution in [0.5, 0.6) is 0 Å². The van der Waals surface area contributed by atoms with Gasteiger partial charge in [0.25, 0.3) is 5.91 Å². The molecule has 0 saturated carbocycles. The van der Waals surface area contributed by atoms with E-state index in [2.05, 4.69) is 20.3 Å². The van der Waals surface area contributed by atoms with Crippen molar-refractivity contribution >= 4 is 16.9 Å². The highest BCUT2D eigenvalue weighted by atomic mass is 16.1. The van der Waals surface area contributed by atoms with Crippen molar-refractivity contribution < 1.29 is 4.79 Å². The largest absolute Gasteiger partial charge is 0.358 e. The fourth-order valence-corrected chi connectivity index (χ4v) is 1.58. The summed E-state index contributed by atoms with van der Waals surface area (Å²) in [6, 6.07) is 0. The van der Waals surface area contributed by atoms with E-state index in [0.29, 0.717) is 11.1 Å². The zero-order valence-corrected chi connectivity index (χ0v) is 10.5. The van der Waals surface area contributed by atoms with Crippen LogP contribution in [-0.4, -0.2) is 27.9 Å². The molecule has 0 aliphatic rings. The monoisotopic (exact) mass is 232 g/mol. The zero-order chi connectivity index (χ0) is 12.6. The molecule has 5 nitrogen and oxygen atoms in total. The van der Waals surface area contributed by atoms with Gasteiger partial charge < -0.3 is 10.3 Å². The Morgan fingerprint density at radius 1 is 1.41 bits per heavy atom. The molecule has 0 fully saturated rings. The highest BCUT2D eigenvalue weighted by molar-refractivity contribution is 6.04. The highest BCUT2D eigenvalue weighted by Gasteiger charge is 2.20. The molecule has 0 atom stereocenters. The molecular formula is C12H16N4O. The van der Waals surface area contributed by atoms with E-state index in [0.717, 1.165) is 11.3 Å². The van der Waals surface area contributed by atoms with Crippen LogP contribution in [-0.2, 0) is 5.41 Å². The smallest absolute Gasteiger partial charge is 0.254 e. The molecule has 90 valence electrons. The van der Waals surface area contributed by atoms with Crippen molar-refractivity contribution in [1.82, 2.24) is 20.3 Å². The van der Waals surface area contributed by atoms with E-state index in [9.17, 15) is 4.79 Å². The fourth-order valence-electron chi connectivity index (χ4n) is 1.58. The lowest BCUT2D eigenvalue weighted by atomic mass is 9.95. The Morgan fingerprint density at radius 3 is 2.71 bits per heavy atom. The summed E-state index contributed by atoms with van der Waals surface area (Å²) in [5.41, 5.74) is 1.86. The SMILES string of the molecule is CNC(=O)c1c[nH]c2cnc(C(C)(C)C)nc12. The Balaban J connectivity index is 2.62. The minimum absolute atomic E-state index is 0.134. The molecule has 5 heteroatoms. The maximum absolute atomic E-state index is 11.7. The van der Waals surface area contributed by atoms with E-state index in [4.69, 9.17) is 0 Å². The van der Waals surface area contributed by atoms with Crippen LogP contribution in [0.4, 0.5) is 0 Å². The van der Waals surface area contributed by atoms with E-state index in [-0.39, 0.29) is 11.3 Å². The number of H-pyrrole nitrogens is 1. The molecule has 2 aromatic rings. The summed E-state index contributed by atoms with van der Waals surface area (Å²) < 4.78 is 0. The summed E-state index contributed by atoms with van der Waals surface area (Å²) in [6.45, 7) is 6.13. The molecule has 2 N–H and O–H groups in total. The Morgan fingerprint density at radius 2 is 2.12 bits per heavy atom. The predicted octanol–water partition coefficient (Wildman–Crippen LogP) is 1.61. The van der Waals surface area contributed by atoms with Gasteiger partial charge in [0.05, 0.1) is 17.3 Å². The van der Waals surface area contributed by atoms with Gasteiger partial charge in [-0.3, -0.25) is 4.79 Å². The van der Waals surface area contributed by atoms with Crippen molar-refractivity contribution in [2.75, 3.05) is 7.05 Å². The van der Waals surface area contributed by atoms with Crippen LogP contribution in [0.3, 0.4) is 0 Å². The first-order valence-electron chi connectivity index (χ1n) is 5.50. The number of aromatic amines is 1. The molecule has 1 amide bonds. The lowest BCUT2D eigenvalue weighted by molar-refractivity contribution is 0.0964. The van der Waals surface area contributed by atoms with Gasteiger partial charge in [0.2, 0.25) is 0 Å². The molecule has 2 rings (SSSR count). The van der Waals surface area contributed by atoms with Gasteiger partial charge in [0.1, 0.15) is 11.3 Å². The minimum Gasteiger partial charge on any atom is -0.358 e. The van der Waals surface area contributed by atoms with Gasteiger partial charge in [-0.05, 0) is 0 Å². The van der Waals surface area contributed by atoms with Gasteiger partial charge in [0, 0.05) is 18.7 Å². The Labute approximate surface area is 99.7 Å². The molecule has 2 heterocycles. The number of amides is 1. The van der Waals surface area contributed by atoms with Crippen molar-refractivity contribution in [1.29, 1.82) is 0 Å². The third-order valence-electron chi connectivity index (χ3n) is 2.56. The van der Waals surface area contributed by atoms with Crippen LogP contribution in [0.2, 0.25) is 0 Å². The van der Waals surface area contributed by atoms with Crippen LogP contribution in [0.15, 0.2) is 12.4 Å². The molecule has 0 radical (unpaired) electrons. The number of nitrogens with one attached hydrogen (secondary N) is 2. The van der Waals surface area contributed by atoms with Crippen molar-refractivity contribution in [2.45, 2.75) is 26.2 Å². The quantitative estimate of drug-likeness (QED) is 0.784. The molecular weight excluding hydrogens is 216 g/mol. The van der Waals surface area contributed by atoms with E-state index in [1.54, 1.807) is 19.4 Å². The number of nitrogens with zero attached hydrogens (tertiary/aromatic N) is 2.